The Bertz CT molecular complexity index is 373. The molecule has 2 rings (SSSR count). The van der Waals surface area contributed by atoms with Crippen LogP contribution in [0.25, 0.3) is 0 Å². The quantitative estimate of drug-likeness (QED) is 0.596. The number of halogens is 1. The fourth-order valence-corrected chi connectivity index (χ4v) is 4.65. The van der Waals surface area contributed by atoms with Crippen LogP contribution < -0.4 is 5.73 Å². The summed E-state index contributed by atoms with van der Waals surface area (Å²) in [6.07, 6.45) is 6.99. The van der Waals surface area contributed by atoms with Crippen molar-refractivity contribution in [2.24, 2.45) is 16.6 Å². The lowest BCUT2D eigenvalue weighted by Crippen LogP contribution is -2.64. The summed E-state index contributed by atoms with van der Waals surface area (Å²) in [6, 6.07) is 0. The maximum Gasteiger partial charge on any atom is 0.154 e. The lowest BCUT2D eigenvalue weighted by atomic mass is 9.67. The van der Waals surface area contributed by atoms with Gasteiger partial charge in [-0.15, -0.1) is 0 Å². The Hall–Kier alpha value is -0.290. The first kappa shape index (κ1) is 24.7. The standard InChI is InChI=1S/C16H29FN2OS.2C2H6/c1-3-5-7-13(8-6-4-2)16-11-20-10-9-15(16,17)12-21-14(18)19-16;2*1-2/h13H,3-12H2,1-2H3,(H2,18,19);2*1-2H3/t15-,16-;;/m1../s1. The molecule has 0 aliphatic carbocycles. The zero-order valence-electron chi connectivity index (χ0n) is 17.4. The van der Waals surface area contributed by atoms with Crippen LogP contribution in [-0.4, -0.2) is 35.3 Å². The number of hydrogen-bond donors (Lipinski definition) is 1. The van der Waals surface area contributed by atoms with Gasteiger partial charge in [0.2, 0.25) is 0 Å². The molecule has 0 saturated carbocycles. The molecule has 0 radical (unpaired) electrons. The Labute approximate surface area is 159 Å². The summed E-state index contributed by atoms with van der Waals surface area (Å²) < 4.78 is 21.4. The van der Waals surface area contributed by atoms with Crippen molar-refractivity contribution in [1.82, 2.24) is 0 Å². The van der Waals surface area contributed by atoms with Crippen molar-refractivity contribution in [3.63, 3.8) is 0 Å². The van der Waals surface area contributed by atoms with Crippen LogP contribution in [0.1, 0.15) is 86.5 Å². The molecule has 2 aliphatic rings. The zero-order chi connectivity index (χ0) is 19.3. The number of thioether (sulfide) groups is 1. The van der Waals surface area contributed by atoms with Gasteiger partial charge >= 0.3 is 0 Å². The number of rotatable bonds is 7. The summed E-state index contributed by atoms with van der Waals surface area (Å²) in [6.45, 7) is 13.3. The molecule has 2 aliphatic heterocycles. The smallest absolute Gasteiger partial charge is 0.154 e. The minimum atomic E-state index is -1.26. The number of nitrogens with two attached hydrogens (primary N) is 1. The topological polar surface area (TPSA) is 47.6 Å². The lowest BCUT2D eigenvalue weighted by Gasteiger charge is -2.52. The van der Waals surface area contributed by atoms with E-state index < -0.39 is 11.2 Å². The molecule has 0 bridgehead atoms. The van der Waals surface area contributed by atoms with Gasteiger partial charge in [0.05, 0.1) is 6.61 Å². The van der Waals surface area contributed by atoms with E-state index in [0.717, 1.165) is 38.5 Å². The third-order valence-corrected chi connectivity index (χ3v) is 5.98. The number of unbranched alkanes of at least 4 members (excludes halogenated alkanes) is 2. The first-order chi connectivity index (χ1) is 12.1. The van der Waals surface area contributed by atoms with Gasteiger partial charge in [0.25, 0.3) is 0 Å². The number of nitrogens with zero attached hydrogens (tertiary/aromatic N) is 1. The molecule has 2 N–H and O–H groups in total. The number of fused-ring (bicyclic) bond motifs is 1. The van der Waals surface area contributed by atoms with Crippen LogP contribution in [0, 0.1) is 5.92 Å². The first-order valence-corrected chi connectivity index (χ1v) is 11.3. The average molecular weight is 377 g/mol. The molecule has 0 unspecified atom stereocenters. The average Bonchev–Trinajstić information content (AvgIpc) is 2.65. The Morgan fingerprint density at radius 2 is 1.72 bits per heavy atom. The lowest BCUT2D eigenvalue weighted by molar-refractivity contribution is -0.0940. The van der Waals surface area contributed by atoms with Gasteiger partial charge in [-0.2, -0.15) is 0 Å². The molecule has 2 atom stereocenters. The minimum absolute atomic E-state index is 0.238. The molecular weight excluding hydrogens is 335 g/mol. The molecule has 5 heteroatoms. The van der Waals surface area contributed by atoms with Crippen molar-refractivity contribution in [2.45, 2.75) is 97.7 Å². The number of amidine groups is 1. The zero-order valence-corrected chi connectivity index (χ0v) is 18.2. The molecule has 1 fully saturated rings. The summed E-state index contributed by atoms with van der Waals surface area (Å²) >= 11 is 1.36. The Morgan fingerprint density at radius 1 is 1.16 bits per heavy atom. The molecule has 25 heavy (non-hydrogen) atoms. The van der Waals surface area contributed by atoms with Crippen LogP contribution in [0.4, 0.5) is 4.39 Å². The fourth-order valence-electron chi connectivity index (χ4n) is 3.65. The van der Waals surface area contributed by atoms with E-state index in [1.807, 2.05) is 27.7 Å². The van der Waals surface area contributed by atoms with Crippen molar-refractivity contribution in [2.75, 3.05) is 19.0 Å². The van der Waals surface area contributed by atoms with Crippen molar-refractivity contribution < 1.29 is 9.13 Å². The van der Waals surface area contributed by atoms with Gasteiger partial charge in [-0.3, -0.25) is 0 Å². The van der Waals surface area contributed by atoms with Gasteiger partial charge in [0.1, 0.15) is 11.2 Å². The number of aliphatic imine (C=N–C) groups is 1. The number of alkyl halides is 1. The summed E-state index contributed by atoms with van der Waals surface area (Å²) in [4.78, 5) is 4.67. The number of hydrogen-bond acceptors (Lipinski definition) is 4. The monoisotopic (exact) mass is 376 g/mol. The van der Waals surface area contributed by atoms with Crippen LogP contribution in [0.5, 0.6) is 0 Å². The summed E-state index contributed by atoms with van der Waals surface area (Å²) in [5.41, 5.74) is 3.97. The third kappa shape index (κ3) is 6.13. The molecular formula is C20H41FN2OS. The summed E-state index contributed by atoms with van der Waals surface area (Å²) in [5.74, 6) is 0.669. The van der Waals surface area contributed by atoms with Crippen LogP contribution in [0.15, 0.2) is 4.99 Å². The Kier molecular flexibility index (Phi) is 12.8. The molecule has 0 aromatic rings. The SMILES string of the molecule is CC.CC.CCCCC(CCCC)[C@]12COCC[C@@]1(F)CSC(N)=N2. The first-order valence-electron chi connectivity index (χ1n) is 10.3. The largest absolute Gasteiger partial charge is 0.379 e. The van der Waals surface area contributed by atoms with E-state index in [4.69, 9.17) is 10.5 Å². The Balaban J connectivity index is 0.00000134. The van der Waals surface area contributed by atoms with E-state index in [1.165, 1.54) is 11.8 Å². The molecule has 0 aromatic heterocycles. The minimum Gasteiger partial charge on any atom is -0.379 e. The van der Waals surface area contributed by atoms with Crippen molar-refractivity contribution in [1.29, 1.82) is 0 Å². The molecule has 0 aromatic carbocycles. The second kappa shape index (κ2) is 13.0. The van der Waals surface area contributed by atoms with Gasteiger partial charge in [-0.25, -0.2) is 9.38 Å². The third-order valence-electron chi connectivity index (χ3n) is 4.99. The maximum atomic E-state index is 15.7. The van der Waals surface area contributed by atoms with E-state index in [1.54, 1.807) is 0 Å². The van der Waals surface area contributed by atoms with E-state index in [9.17, 15) is 0 Å². The van der Waals surface area contributed by atoms with Gasteiger partial charge in [-0.1, -0.05) is 79.0 Å². The fraction of sp³-hybridized carbons (Fsp3) is 0.950. The molecule has 2 heterocycles. The van der Waals surface area contributed by atoms with Crippen molar-refractivity contribution in [3.05, 3.63) is 0 Å². The second-order valence-electron chi connectivity index (χ2n) is 6.41. The van der Waals surface area contributed by atoms with Crippen LogP contribution in [0.2, 0.25) is 0 Å². The van der Waals surface area contributed by atoms with E-state index >= 15 is 4.39 Å². The predicted molar refractivity (Wildman–Crippen MR) is 111 cm³/mol. The summed E-state index contributed by atoms with van der Waals surface area (Å²) in [7, 11) is 0. The highest BCUT2D eigenvalue weighted by Crippen LogP contribution is 2.50. The molecule has 150 valence electrons. The highest BCUT2D eigenvalue weighted by atomic mass is 32.2. The molecule has 3 nitrogen and oxygen atoms in total. The maximum absolute atomic E-state index is 15.7. The van der Waals surface area contributed by atoms with Crippen molar-refractivity contribution in [3.8, 4) is 0 Å². The van der Waals surface area contributed by atoms with Crippen LogP contribution in [0.3, 0.4) is 0 Å². The Morgan fingerprint density at radius 3 is 2.24 bits per heavy atom. The van der Waals surface area contributed by atoms with Crippen LogP contribution >= 0.6 is 11.8 Å². The van der Waals surface area contributed by atoms with Crippen LogP contribution in [-0.2, 0) is 4.74 Å². The molecule has 0 spiro atoms. The second-order valence-corrected chi connectivity index (χ2v) is 7.41. The van der Waals surface area contributed by atoms with Gasteiger partial charge in [0.15, 0.2) is 5.17 Å². The van der Waals surface area contributed by atoms with E-state index in [2.05, 4.69) is 18.8 Å². The predicted octanol–water partition coefficient (Wildman–Crippen LogP) is 5.96. The molecule has 0 amide bonds. The van der Waals surface area contributed by atoms with Gasteiger partial charge in [-0.05, 0) is 18.8 Å². The normalized spacial score (nSPS) is 28.1. The van der Waals surface area contributed by atoms with E-state index in [0.29, 0.717) is 30.6 Å². The molecule has 1 saturated heterocycles. The summed E-state index contributed by atoms with van der Waals surface area (Å²) in [5, 5.41) is 0.534. The van der Waals surface area contributed by atoms with Gasteiger partial charge < -0.3 is 10.5 Å². The highest BCUT2D eigenvalue weighted by molar-refractivity contribution is 8.13. The number of ether oxygens (including phenoxy) is 1. The van der Waals surface area contributed by atoms with Gasteiger partial charge in [0, 0.05) is 18.8 Å². The van der Waals surface area contributed by atoms with Crippen molar-refractivity contribution >= 4 is 16.9 Å². The van der Waals surface area contributed by atoms with E-state index in [-0.39, 0.29) is 5.92 Å². The highest BCUT2D eigenvalue weighted by Gasteiger charge is 2.60.